The van der Waals surface area contributed by atoms with Gasteiger partial charge in [-0.2, -0.15) is 0 Å². The van der Waals surface area contributed by atoms with Crippen molar-refractivity contribution < 1.29 is 55.1 Å². The highest BCUT2D eigenvalue weighted by atomic mass is 16.8. The van der Waals surface area contributed by atoms with Gasteiger partial charge < -0.3 is 55.1 Å². The van der Waals surface area contributed by atoms with E-state index < -0.39 is 74.6 Å². The molecule has 0 unspecified atom stereocenters. The van der Waals surface area contributed by atoms with E-state index in [2.05, 4.69) is 0 Å². The van der Waals surface area contributed by atoms with Gasteiger partial charge in [-0.05, 0) is 0 Å². The maximum Gasteiger partial charge on any atom is 0.224 e. The van der Waals surface area contributed by atoms with Gasteiger partial charge in [-0.1, -0.05) is 0 Å². The second-order valence-corrected chi connectivity index (χ2v) is 5.56. The fourth-order valence-corrected chi connectivity index (χ4v) is 2.63. The molecular formula is C12H22O11. The first kappa shape index (κ1) is 18.9. The molecule has 2 rings (SSSR count). The van der Waals surface area contributed by atoms with E-state index in [4.69, 9.17) is 24.4 Å². The van der Waals surface area contributed by atoms with Gasteiger partial charge in [0, 0.05) is 0 Å². The second-order valence-electron chi connectivity index (χ2n) is 5.56. The third-order valence-electron chi connectivity index (χ3n) is 4.07. The molecule has 11 heteroatoms. The fourth-order valence-electron chi connectivity index (χ4n) is 2.63. The number of aliphatic hydroxyl groups excluding tert-OH is 8. The van der Waals surface area contributed by atoms with Gasteiger partial charge in [-0.25, -0.2) is 0 Å². The predicted octanol–water partition coefficient (Wildman–Crippen LogP) is -5.40. The van der Waals surface area contributed by atoms with E-state index in [1.807, 2.05) is 0 Å². The van der Waals surface area contributed by atoms with Crippen molar-refractivity contribution >= 4 is 0 Å². The van der Waals surface area contributed by atoms with Crippen LogP contribution in [0.4, 0.5) is 0 Å². The van der Waals surface area contributed by atoms with Crippen LogP contribution in [0.5, 0.6) is 0 Å². The van der Waals surface area contributed by atoms with E-state index >= 15 is 0 Å². The van der Waals surface area contributed by atoms with Gasteiger partial charge in [-0.3, -0.25) is 0 Å². The molecule has 0 amide bonds. The molecule has 0 spiro atoms. The molecule has 136 valence electrons. The molecule has 0 aliphatic carbocycles. The highest BCUT2D eigenvalue weighted by molar-refractivity contribution is 4.98. The SMILES string of the molecule is OC[C@H]1O[C@@](CO)(O[C@H]2O[C@H](CO)[C@@H](O)[C@H](O)[C@H]2O)[C@H](O)[C@H]1O. The lowest BCUT2D eigenvalue weighted by Gasteiger charge is -2.43. The Balaban J connectivity index is 2.18. The lowest BCUT2D eigenvalue weighted by atomic mass is 9.99. The lowest BCUT2D eigenvalue weighted by molar-refractivity contribution is -0.383. The lowest BCUT2D eigenvalue weighted by Crippen LogP contribution is -2.62. The smallest absolute Gasteiger partial charge is 0.224 e. The fraction of sp³-hybridized carbons (Fsp3) is 1.00. The van der Waals surface area contributed by atoms with Crippen molar-refractivity contribution in [1.29, 1.82) is 0 Å². The van der Waals surface area contributed by atoms with Crippen LogP contribution in [0.1, 0.15) is 0 Å². The molecule has 11 nitrogen and oxygen atoms in total. The van der Waals surface area contributed by atoms with Gasteiger partial charge in [0.25, 0.3) is 0 Å². The first-order chi connectivity index (χ1) is 10.8. The topological polar surface area (TPSA) is 190 Å². The Labute approximate surface area is 130 Å². The van der Waals surface area contributed by atoms with Crippen LogP contribution in [0.25, 0.3) is 0 Å². The quantitative estimate of drug-likeness (QED) is 0.238. The second kappa shape index (κ2) is 7.21. The number of hydrogen-bond acceptors (Lipinski definition) is 11. The molecule has 9 atom stereocenters. The molecule has 0 aromatic heterocycles. The Morgan fingerprint density at radius 3 is 1.87 bits per heavy atom. The minimum atomic E-state index is -2.22. The molecule has 2 aliphatic heterocycles. The van der Waals surface area contributed by atoms with E-state index in [0.717, 1.165) is 0 Å². The van der Waals surface area contributed by atoms with E-state index in [1.165, 1.54) is 0 Å². The maximum absolute atomic E-state index is 10.00. The number of rotatable bonds is 5. The Kier molecular flexibility index (Phi) is 5.92. The summed E-state index contributed by atoms with van der Waals surface area (Å²) < 4.78 is 15.4. The molecule has 0 aromatic rings. The standard InChI is InChI=1S/C12H22O11/c13-1-4-6(16)8(18)9(19)11(21-4)23-12(3-15)10(20)7(17)5(2-14)22-12/h4-11,13-20H,1-3H2/t4-,5-,6-,7+,8+,9-,10-,11-,12+/m1/s1. The van der Waals surface area contributed by atoms with Crippen molar-refractivity contribution in [3.63, 3.8) is 0 Å². The van der Waals surface area contributed by atoms with Gasteiger partial charge in [0.1, 0.15) is 49.3 Å². The first-order valence-corrected chi connectivity index (χ1v) is 7.05. The van der Waals surface area contributed by atoms with Gasteiger partial charge >= 0.3 is 0 Å². The van der Waals surface area contributed by atoms with Crippen LogP contribution < -0.4 is 0 Å². The number of hydrogen-bond donors (Lipinski definition) is 8. The van der Waals surface area contributed by atoms with Crippen LogP contribution in [-0.4, -0.2) is 115 Å². The number of ether oxygens (including phenoxy) is 3. The molecule has 2 aliphatic rings. The largest absolute Gasteiger partial charge is 0.394 e. The molecule has 0 radical (unpaired) electrons. The molecule has 2 saturated heterocycles. The third kappa shape index (κ3) is 3.23. The van der Waals surface area contributed by atoms with Gasteiger partial charge in [0.15, 0.2) is 6.29 Å². The molecule has 0 bridgehead atoms. The molecule has 0 aromatic carbocycles. The zero-order valence-electron chi connectivity index (χ0n) is 12.0. The highest BCUT2D eigenvalue weighted by Gasteiger charge is 2.58. The van der Waals surface area contributed by atoms with Gasteiger partial charge in [0.2, 0.25) is 5.79 Å². The number of aliphatic hydroxyl groups is 8. The van der Waals surface area contributed by atoms with Crippen LogP contribution in [0, 0.1) is 0 Å². The summed E-state index contributed by atoms with van der Waals surface area (Å²) in [5.74, 6) is -2.22. The Morgan fingerprint density at radius 2 is 1.39 bits per heavy atom. The summed E-state index contributed by atoms with van der Waals surface area (Å²) in [5, 5.41) is 76.7. The predicted molar refractivity (Wildman–Crippen MR) is 68.6 cm³/mol. The van der Waals surface area contributed by atoms with Crippen LogP contribution in [0.2, 0.25) is 0 Å². The Bertz CT molecular complexity index is 393. The van der Waals surface area contributed by atoms with Crippen LogP contribution in [0.3, 0.4) is 0 Å². The summed E-state index contributed by atoms with van der Waals surface area (Å²) in [7, 11) is 0. The molecule has 8 N–H and O–H groups in total. The van der Waals surface area contributed by atoms with Crippen molar-refractivity contribution in [2.75, 3.05) is 19.8 Å². The highest BCUT2D eigenvalue weighted by Crippen LogP contribution is 2.35. The molecule has 2 heterocycles. The minimum Gasteiger partial charge on any atom is -0.394 e. The molecular weight excluding hydrogens is 320 g/mol. The van der Waals surface area contributed by atoms with E-state index in [0.29, 0.717) is 0 Å². The van der Waals surface area contributed by atoms with E-state index in [1.54, 1.807) is 0 Å². The zero-order chi connectivity index (χ0) is 17.4. The summed E-state index contributed by atoms with van der Waals surface area (Å²) in [6.45, 7) is -2.32. The maximum atomic E-state index is 10.00. The van der Waals surface area contributed by atoms with Crippen molar-refractivity contribution in [3.8, 4) is 0 Å². The summed E-state index contributed by atoms with van der Waals surface area (Å²) in [5.41, 5.74) is 0. The normalized spacial score (nSPS) is 51.1. The summed E-state index contributed by atoms with van der Waals surface area (Å²) in [6.07, 6.45) is -12.7. The Morgan fingerprint density at radius 1 is 0.783 bits per heavy atom. The average Bonchev–Trinajstić information content (AvgIpc) is 2.80. The minimum absolute atomic E-state index is 0.669. The van der Waals surface area contributed by atoms with Crippen molar-refractivity contribution in [2.24, 2.45) is 0 Å². The zero-order valence-corrected chi connectivity index (χ0v) is 12.0. The van der Waals surface area contributed by atoms with Crippen molar-refractivity contribution in [3.05, 3.63) is 0 Å². The van der Waals surface area contributed by atoms with Crippen molar-refractivity contribution in [1.82, 2.24) is 0 Å². The van der Waals surface area contributed by atoms with E-state index in [-0.39, 0.29) is 0 Å². The van der Waals surface area contributed by atoms with Crippen LogP contribution in [-0.2, 0) is 14.2 Å². The summed E-state index contributed by atoms with van der Waals surface area (Å²) in [6, 6.07) is 0. The van der Waals surface area contributed by atoms with Crippen LogP contribution in [0.15, 0.2) is 0 Å². The molecule has 23 heavy (non-hydrogen) atoms. The Hall–Kier alpha value is -0.440. The van der Waals surface area contributed by atoms with Crippen molar-refractivity contribution in [2.45, 2.75) is 54.8 Å². The summed E-state index contributed by atoms with van der Waals surface area (Å²) >= 11 is 0. The third-order valence-corrected chi connectivity index (χ3v) is 4.07. The van der Waals surface area contributed by atoms with Gasteiger partial charge in [0.05, 0.1) is 13.2 Å². The van der Waals surface area contributed by atoms with Gasteiger partial charge in [-0.15, -0.1) is 0 Å². The molecule has 2 fully saturated rings. The first-order valence-electron chi connectivity index (χ1n) is 7.05. The monoisotopic (exact) mass is 342 g/mol. The average molecular weight is 342 g/mol. The van der Waals surface area contributed by atoms with Crippen LogP contribution >= 0.6 is 0 Å². The summed E-state index contributed by atoms with van der Waals surface area (Å²) in [4.78, 5) is 0. The molecule has 0 saturated carbocycles. The van der Waals surface area contributed by atoms with E-state index in [9.17, 15) is 30.6 Å².